The number of hydrogen-bond acceptors (Lipinski definition) is 2. The van der Waals surface area contributed by atoms with E-state index in [0.717, 1.165) is 23.4 Å². The van der Waals surface area contributed by atoms with Crippen LogP contribution in [0.3, 0.4) is 0 Å². The molecule has 1 aromatic carbocycles. The Labute approximate surface area is 106 Å². The number of rotatable bonds is 5. The third-order valence-electron chi connectivity index (χ3n) is 2.78. The predicted molar refractivity (Wildman–Crippen MR) is 67.9 cm³/mol. The van der Waals surface area contributed by atoms with Crippen LogP contribution in [0.25, 0.3) is 0 Å². The highest BCUT2D eigenvalue weighted by Crippen LogP contribution is 2.24. The second kappa shape index (κ2) is 6.09. The van der Waals surface area contributed by atoms with Crippen molar-refractivity contribution in [2.75, 3.05) is 25.5 Å². The van der Waals surface area contributed by atoms with Crippen molar-refractivity contribution in [3.8, 4) is 0 Å². The summed E-state index contributed by atoms with van der Waals surface area (Å²) in [5.74, 6) is 0. The zero-order valence-electron chi connectivity index (χ0n) is 10.9. The number of benzene rings is 1. The molecule has 0 fully saturated rings. The van der Waals surface area contributed by atoms with Gasteiger partial charge in [-0.25, -0.2) is 0 Å². The zero-order valence-corrected chi connectivity index (χ0v) is 10.9. The molecule has 102 valence electrons. The molecule has 5 heteroatoms. The van der Waals surface area contributed by atoms with Gasteiger partial charge in [0.1, 0.15) is 0 Å². The highest BCUT2D eigenvalue weighted by atomic mass is 19.4. The standard InChI is InChI=1S/C13H19F3N2/c1-10-8-11(9-17-2)4-5-12(10)18(3)7-6-13(14,15)16/h4-5,8,17H,6-7,9H2,1-3H3. The predicted octanol–water partition coefficient (Wildman–Crippen LogP) is 3.10. The lowest BCUT2D eigenvalue weighted by Crippen LogP contribution is -2.24. The highest BCUT2D eigenvalue weighted by Gasteiger charge is 2.27. The molecule has 0 atom stereocenters. The van der Waals surface area contributed by atoms with E-state index in [1.807, 2.05) is 32.2 Å². The molecule has 18 heavy (non-hydrogen) atoms. The van der Waals surface area contributed by atoms with E-state index in [1.165, 1.54) is 0 Å². The van der Waals surface area contributed by atoms with Crippen LogP contribution in [0.1, 0.15) is 17.5 Å². The fourth-order valence-corrected chi connectivity index (χ4v) is 1.87. The first kappa shape index (κ1) is 14.8. The summed E-state index contributed by atoms with van der Waals surface area (Å²) in [6, 6.07) is 5.80. The molecule has 0 amide bonds. The van der Waals surface area contributed by atoms with Gasteiger partial charge in [-0.15, -0.1) is 0 Å². The molecule has 1 aromatic rings. The average Bonchev–Trinajstić information content (AvgIpc) is 2.25. The molecular formula is C13H19F3N2. The number of anilines is 1. The van der Waals surface area contributed by atoms with Crippen LogP contribution in [0, 0.1) is 6.92 Å². The lowest BCUT2D eigenvalue weighted by Gasteiger charge is -2.22. The maximum absolute atomic E-state index is 12.2. The van der Waals surface area contributed by atoms with E-state index in [2.05, 4.69) is 5.32 Å². The van der Waals surface area contributed by atoms with Crippen LogP contribution in [0.15, 0.2) is 18.2 Å². The summed E-state index contributed by atoms with van der Waals surface area (Å²) < 4.78 is 36.5. The monoisotopic (exact) mass is 260 g/mol. The van der Waals surface area contributed by atoms with Crippen LogP contribution in [-0.4, -0.2) is 26.8 Å². The topological polar surface area (TPSA) is 15.3 Å². The van der Waals surface area contributed by atoms with Crippen molar-refractivity contribution in [2.45, 2.75) is 26.1 Å². The molecule has 0 spiro atoms. The summed E-state index contributed by atoms with van der Waals surface area (Å²) in [5, 5.41) is 3.04. The van der Waals surface area contributed by atoms with Gasteiger partial charge in [-0.3, -0.25) is 0 Å². The van der Waals surface area contributed by atoms with Gasteiger partial charge in [-0.1, -0.05) is 12.1 Å². The third-order valence-corrected chi connectivity index (χ3v) is 2.78. The third kappa shape index (κ3) is 4.56. The van der Waals surface area contributed by atoms with E-state index in [9.17, 15) is 13.2 Å². The Morgan fingerprint density at radius 1 is 1.28 bits per heavy atom. The molecule has 2 nitrogen and oxygen atoms in total. The van der Waals surface area contributed by atoms with Crippen molar-refractivity contribution in [1.29, 1.82) is 0 Å². The summed E-state index contributed by atoms with van der Waals surface area (Å²) in [4.78, 5) is 1.64. The first-order chi connectivity index (χ1) is 8.33. The molecule has 0 radical (unpaired) electrons. The van der Waals surface area contributed by atoms with Crippen molar-refractivity contribution in [1.82, 2.24) is 5.32 Å². The van der Waals surface area contributed by atoms with Gasteiger partial charge in [0.15, 0.2) is 0 Å². The molecule has 0 aliphatic carbocycles. The van der Waals surface area contributed by atoms with Gasteiger partial charge in [0, 0.05) is 25.8 Å². The maximum Gasteiger partial charge on any atom is 0.390 e. The lowest BCUT2D eigenvalue weighted by atomic mass is 10.1. The highest BCUT2D eigenvalue weighted by molar-refractivity contribution is 5.53. The summed E-state index contributed by atoms with van der Waals surface area (Å²) in [7, 11) is 3.55. The largest absolute Gasteiger partial charge is 0.390 e. The van der Waals surface area contributed by atoms with Crippen LogP contribution in [0.2, 0.25) is 0 Å². The number of halogens is 3. The number of nitrogens with zero attached hydrogens (tertiary/aromatic N) is 1. The molecule has 0 aromatic heterocycles. The van der Waals surface area contributed by atoms with Gasteiger partial charge in [0.05, 0.1) is 6.42 Å². The quantitative estimate of drug-likeness (QED) is 0.875. The smallest absolute Gasteiger partial charge is 0.374 e. The van der Waals surface area contributed by atoms with Crippen LogP contribution in [0.5, 0.6) is 0 Å². The van der Waals surface area contributed by atoms with Gasteiger partial charge < -0.3 is 10.2 Å². The molecular weight excluding hydrogens is 241 g/mol. The van der Waals surface area contributed by atoms with Gasteiger partial charge in [-0.05, 0) is 31.2 Å². The van der Waals surface area contributed by atoms with Crippen LogP contribution < -0.4 is 10.2 Å². The molecule has 1 N–H and O–H groups in total. The minimum atomic E-state index is -4.10. The van der Waals surface area contributed by atoms with E-state index in [0.29, 0.717) is 0 Å². The Balaban J connectivity index is 2.71. The van der Waals surface area contributed by atoms with E-state index >= 15 is 0 Å². The van der Waals surface area contributed by atoms with E-state index < -0.39 is 12.6 Å². The maximum atomic E-state index is 12.2. The van der Waals surface area contributed by atoms with Gasteiger partial charge in [0.2, 0.25) is 0 Å². The Morgan fingerprint density at radius 3 is 2.44 bits per heavy atom. The van der Waals surface area contributed by atoms with E-state index in [1.54, 1.807) is 11.9 Å². The normalized spacial score (nSPS) is 11.7. The van der Waals surface area contributed by atoms with E-state index in [-0.39, 0.29) is 6.54 Å². The molecule has 0 aliphatic heterocycles. The van der Waals surface area contributed by atoms with Gasteiger partial charge in [-0.2, -0.15) is 13.2 Å². The Hall–Kier alpha value is -1.23. The van der Waals surface area contributed by atoms with Crippen molar-refractivity contribution in [3.63, 3.8) is 0 Å². The molecule has 1 rings (SSSR count). The fourth-order valence-electron chi connectivity index (χ4n) is 1.87. The summed E-state index contributed by atoms with van der Waals surface area (Å²) in [6.45, 7) is 2.65. The average molecular weight is 260 g/mol. The summed E-state index contributed by atoms with van der Waals surface area (Å²) in [5.41, 5.74) is 2.97. The molecule has 0 saturated heterocycles. The van der Waals surface area contributed by atoms with Crippen molar-refractivity contribution >= 4 is 5.69 Å². The van der Waals surface area contributed by atoms with Crippen LogP contribution in [0.4, 0.5) is 18.9 Å². The molecule has 0 bridgehead atoms. The van der Waals surface area contributed by atoms with Crippen molar-refractivity contribution in [2.24, 2.45) is 0 Å². The van der Waals surface area contributed by atoms with E-state index in [4.69, 9.17) is 0 Å². The van der Waals surface area contributed by atoms with Gasteiger partial charge >= 0.3 is 6.18 Å². The minimum absolute atomic E-state index is 0.0181. The number of alkyl halides is 3. The first-order valence-corrected chi connectivity index (χ1v) is 5.85. The Kier molecular flexibility index (Phi) is 5.02. The SMILES string of the molecule is CNCc1ccc(N(C)CCC(F)(F)F)c(C)c1. The Morgan fingerprint density at radius 2 is 1.94 bits per heavy atom. The molecule has 0 aliphatic rings. The second-order valence-electron chi connectivity index (χ2n) is 4.44. The van der Waals surface area contributed by atoms with Crippen LogP contribution in [-0.2, 0) is 6.54 Å². The van der Waals surface area contributed by atoms with Crippen molar-refractivity contribution in [3.05, 3.63) is 29.3 Å². The second-order valence-corrected chi connectivity index (χ2v) is 4.44. The Bertz CT molecular complexity index is 388. The number of hydrogen-bond donors (Lipinski definition) is 1. The number of nitrogens with one attached hydrogen (secondary N) is 1. The molecule has 0 saturated carbocycles. The summed E-state index contributed by atoms with van der Waals surface area (Å²) >= 11 is 0. The van der Waals surface area contributed by atoms with Crippen LogP contribution >= 0.6 is 0 Å². The lowest BCUT2D eigenvalue weighted by molar-refractivity contribution is -0.132. The summed E-state index contributed by atoms with van der Waals surface area (Å²) in [6.07, 6.45) is -4.89. The number of aryl methyl sites for hydroxylation is 1. The molecule has 0 unspecified atom stereocenters. The molecule has 0 heterocycles. The van der Waals surface area contributed by atoms with Gasteiger partial charge in [0.25, 0.3) is 0 Å². The zero-order chi connectivity index (χ0) is 13.8. The first-order valence-electron chi connectivity index (χ1n) is 5.85. The fraction of sp³-hybridized carbons (Fsp3) is 0.538. The minimum Gasteiger partial charge on any atom is -0.374 e. The van der Waals surface area contributed by atoms with Crippen molar-refractivity contribution < 1.29 is 13.2 Å².